The molecule has 0 saturated heterocycles. The summed E-state index contributed by atoms with van der Waals surface area (Å²) in [4.78, 5) is 20.0. The van der Waals surface area contributed by atoms with Crippen LogP contribution in [0.5, 0.6) is 5.75 Å². The predicted octanol–water partition coefficient (Wildman–Crippen LogP) is 5.37. The summed E-state index contributed by atoms with van der Waals surface area (Å²) < 4.78 is 5.25. The summed E-state index contributed by atoms with van der Waals surface area (Å²) in [5.41, 5.74) is 6.92. The van der Waals surface area contributed by atoms with E-state index in [9.17, 15) is 4.79 Å². The average molecular weight is 384 g/mol. The molecular weight excluding hydrogens is 360 g/mol. The average Bonchev–Trinajstić information content (AvgIpc) is 2.86. The van der Waals surface area contributed by atoms with Crippen molar-refractivity contribution in [3.05, 3.63) is 89.0 Å². The molecule has 3 aromatic carbocycles. The third-order valence-electron chi connectivity index (χ3n) is 5.30. The van der Waals surface area contributed by atoms with Crippen molar-refractivity contribution in [3.8, 4) is 5.75 Å². The molecule has 0 bridgehead atoms. The number of hydrogen-bond donors (Lipinski definition) is 0. The molecule has 0 aliphatic carbocycles. The number of carbonyl (C=O) groups is 1. The lowest BCUT2D eigenvalue weighted by Gasteiger charge is -2.23. The molecule has 0 saturated carbocycles. The van der Waals surface area contributed by atoms with E-state index in [1.54, 1.807) is 7.11 Å². The lowest BCUT2D eigenvalue weighted by Crippen LogP contribution is -2.31. The fraction of sp³-hybridized carbons (Fsp3) is 0.200. The number of aryl methyl sites for hydroxylation is 2. The molecule has 0 fully saturated rings. The Hall–Kier alpha value is -3.40. The first-order valence-electron chi connectivity index (χ1n) is 9.72. The van der Waals surface area contributed by atoms with Gasteiger partial charge in [-0.1, -0.05) is 35.9 Å². The minimum absolute atomic E-state index is 0.0458. The minimum Gasteiger partial charge on any atom is -0.497 e. The number of benzene rings is 3. The Morgan fingerprint density at radius 1 is 1.00 bits per heavy atom. The fourth-order valence-corrected chi connectivity index (χ4v) is 3.66. The van der Waals surface area contributed by atoms with Crippen LogP contribution in [0.4, 0.5) is 11.4 Å². The van der Waals surface area contributed by atoms with Crippen LogP contribution < -0.4 is 9.64 Å². The highest BCUT2D eigenvalue weighted by Crippen LogP contribution is 2.34. The summed E-state index contributed by atoms with van der Waals surface area (Å²) in [6, 6.07) is 21.9. The van der Waals surface area contributed by atoms with Crippen LogP contribution in [0, 0.1) is 13.8 Å². The molecule has 4 nitrogen and oxygen atoms in total. The van der Waals surface area contributed by atoms with Gasteiger partial charge in [0.2, 0.25) is 5.91 Å². The number of methoxy groups -OCH3 is 1. The monoisotopic (exact) mass is 384 g/mol. The van der Waals surface area contributed by atoms with Crippen LogP contribution in [0.2, 0.25) is 0 Å². The number of aliphatic imine (C=N–C) groups is 1. The molecule has 0 atom stereocenters. The van der Waals surface area contributed by atoms with Gasteiger partial charge in [0.25, 0.3) is 0 Å². The summed E-state index contributed by atoms with van der Waals surface area (Å²) in [5, 5.41) is 0. The first kappa shape index (κ1) is 18.9. The Balaban J connectivity index is 1.72. The number of para-hydroxylation sites is 2. The molecule has 0 N–H and O–H groups in total. The van der Waals surface area contributed by atoms with Crippen molar-refractivity contribution in [3.63, 3.8) is 0 Å². The highest BCUT2D eigenvalue weighted by Gasteiger charge is 2.25. The van der Waals surface area contributed by atoms with E-state index in [1.165, 1.54) is 11.1 Å². The number of rotatable bonds is 4. The van der Waals surface area contributed by atoms with E-state index >= 15 is 0 Å². The van der Waals surface area contributed by atoms with Gasteiger partial charge in [0.05, 0.1) is 37.2 Å². The number of nitrogens with zero attached hydrogens (tertiary/aromatic N) is 2. The normalized spacial score (nSPS) is 13.6. The molecule has 4 rings (SSSR count). The first-order chi connectivity index (χ1) is 14.0. The molecule has 1 heterocycles. The van der Waals surface area contributed by atoms with Crippen LogP contribution in [0.15, 0.2) is 71.7 Å². The maximum absolute atomic E-state index is 13.3. The zero-order valence-corrected chi connectivity index (χ0v) is 17.0. The number of fused-ring (bicyclic) bond motifs is 1. The van der Waals surface area contributed by atoms with Crippen LogP contribution in [0.3, 0.4) is 0 Å². The van der Waals surface area contributed by atoms with Gasteiger partial charge in [0, 0.05) is 0 Å². The maximum atomic E-state index is 13.3. The van der Waals surface area contributed by atoms with E-state index in [-0.39, 0.29) is 12.3 Å². The lowest BCUT2D eigenvalue weighted by atomic mass is 10.0. The van der Waals surface area contributed by atoms with Crippen LogP contribution in [-0.4, -0.2) is 18.7 Å². The van der Waals surface area contributed by atoms with Gasteiger partial charge in [-0.15, -0.1) is 0 Å². The Labute approximate surface area is 171 Å². The molecule has 1 aliphatic heterocycles. The summed E-state index contributed by atoms with van der Waals surface area (Å²) in [6.07, 6.45) is 0.256. The Morgan fingerprint density at radius 2 is 1.76 bits per heavy atom. The van der Waals surface area contributed by atoms with E-state index in [4.69, 9.17) is 9.73 Å². The van der Waals surface area contributed by atoms with Gasteiger partial charge >= 0.3 is 0 Å². The first-order valence-corrected chi connectivity index (χ1v) is 9.72. The van der Waals surface area contributed by atoms with Gasteiger partial charge in [0.15, 0.2) is 0 Å². The molecule has 0 radical (unpaired) electrons. The molecule has 4 heteroatoms. The van der Waals surface area contributed by atoms with E-state index in [2.05, 4.69) is 32.0 Å². The Bertz CT molecular complexity index is 1080. The molecule has 1 amide bonds. The number of carbonyl (C=O) groups excluding carboxylic acids is 1. The minimum atomic E-state index is 0.0458. The number of ether oxygens (including phenoxy) is 1. The van der Waals surface area contributed by atoms with Gasteiger partial charge < -0.3 is 9.64 Å². The van der Waals surface area contributed by atoms with Crippen LogP contribution in [-0.2, 0) is 11.3 Å². The molecule has 29 heavy (non-hydrogen) atoms. The van der Waals surface area contributed by atoms with Crippen molar-refractivity contribution in [1.82, 2.24) is 0 Å². The van der Waals surface area contributed by atoms with Crippen molar-refractivity contribution < 1.29 is 9.53 Å². The van der Waals surface area contributed by atoms with Crippen LogP contribution in [0.25, 0.3) is 0 Å². The van der Waals surface area contributed by atoms with Crippen LogP contribution in [0.1, 0.15) is 28.7 Å². The van der Waals surface area contributed by atoms with Crippen molar-refractivity contribution in [1.29, 1.82) is 0 Å². The van der Waals surface area contributed by atoms with Gasteiger partial charge in [-0.2, -0.15) is 0 Å². The van der Waals surface area contributed by atoms with Crippen molar-refractivity contribution in [2.45, 2.75) is 26.8 Å². The standard InChI is InChI=1S/C25H24N2O2/c1-17-8-9-20(18(2)14-17)16-27-24-7-5-4-6-22(24)26-23(15-25(27)28)19-10-12-21(29-3)13-11-19/h4-14H,15-16H2,1-3H3. The smallest absolute Gasteiger partial charge is 0.233 e. The predicted molar refractivity (Wildman–Crippen MR) is 117 cm³/mol. The molecule has 0 aromatic heterocycles. The zero-order valence-electron chi connectivity index (χ0n) is 17.0. The fourth-order valence-electron chi connectivity index (χ4n) is 3.66. The van der Waals surface area contributed by atoms with Gasteiger partial charge in [-0.05, 0) is 66.9 Å². The molecule has 0 spiro atoms. The molecular formula is C25H24N2O2. The zero-order chi connectivity index (χ0) is 20.4. The lowest BCUT2D eigenvalue weighted by molar-refractivity contribution is -0.117. The second-order valence-electron chi connectivity index (χ2n) is 7.36. The highest BCUT2D eigenvalue weighted by atomic mass is 16.5. The summed E-state index contributed by atoms with van der Waals surface area (Å²) in [6.45, 7) is 4.71. The SMILES string of the molecule is COc1ccc(C2=Nc3ccccc3N(Cc3ccc(C)cc3C)C(=O)C2)cc1. The van der Waals surface area contributed by atoms with E-state index in [0.29, 0.717) is 6.54 Å². The van der Waals surface area contributed by atoms with Gasteiger partial charge in [-0.25, -0.2) is 0 Å². The number of hydrogen-bond acceptors (Lipinski definition) is 3. The number of anilines is 1. The number of amides is 1. The van der Waals surface area contributed by atoms with E-state index in [0.717, 1.165) is 34.0 Å². The van der Waals surface area contributed by atoms with E-state index < -0.39 is 0 Å². The molecule has 3 aromatic rings. The Kier molecular flexibility index (Phi) is 5.17. The summed E-state index contributed by atoms with van der Waals surface area (Å²) >= 11 is 0. The van der Waals surface area contributed by atoms with Crippen molar-refractivity contribution in [2.75, 3.05) is 12.0 Å². The second kappa shape index (κ2) is 7.92. The molecule has 1 aliphatic rings. The summed E-state index contributed by atoms with van der Waals surface area (Å²) in [7, 11) is 1.64. The quantitative estimate of drug-likeness (QED) is 0.607. The third kappa shape index (κ3) is 3.92. The summed E-state index contributed by atoms with van der Waals surface area (Å²) in [5.74, 6) is 0.829. The van der Waals surface area contributed by atoms with E-state index in [1.807, 2.05) is 53.4 Å². The van der Waals surface area contributed by atoms with Crippen molar-refractivity contribution >= 4 is 23.0 Å². The third-order valence-corrected chi connectivity index (χ3v) is 5.30. The van der Waals surface area contributed by atoms with Crippen LogP contribution >= 0.6 is 0 Å². The molecule has 146 valence electrons. The van der Waals surface area contributed by atoms with Gasteiger partial charge in [-0.3, -0.25) is 9.79 Å². The van der Waals surface area contributed by atoms with Crippen molar-refractivity contribution in [2.24, 2.45) is 4.99 Å². The van der Waals surface area contributed by atoms with Gasteiger partial charge in [0.1, 0.15) is 5.75 Å². The maximum Gasteiger partial charge on any atom is 0.233 e. The topological polar surface area (TPSA) is 41.9 Å². The largest absolute Gasteiger partial charge is 0.497 e. The molecule has 0 unspecified atom stereocenters. The highest BCUT2D eigenvalue weighted by molar-refractivity contribution is 6.17. The second-order valence-corrected chi connectivity index (χ2v) is 7.36. The Morgan fingerprint density at radius 3 is 2.48 bits per heavy atom.